The largest absolute Gasteiger partial charge is 0.497 e. The summed E-state index contributed by atoms with van der Waals surface area (Å²) >= 11 is 0. The lowest BCUT2D eigenvalue weighted by atomic mass is 9.74. The Hall–Kier alpha value is -2.69. The Kier molecular flexibility index (Phi) is 6.46. The van der Waals surface area contributed by atoms with Crippen molar-refractivity contribution < 1.29 is 13.9 Å². The number of rotatable bonds is 7. The normalized spacial score (nSPS) is 15.7. The van der Waals surface area contributed by atoms with Crippen LogP contribution in [-0.2, 0) is 16.7 Å². The second-order valence-electron chi connectivity index (χ2n) is 7.94. The molecular formula is C26H28FNO2. The quantitative estimate of drug-likeness (QED) is 0.576. The van der Waals surface area contributed by atoms with E-state index in [4.69, 9.17) is 9.47 Å². The zero-order valence-corrected chi connectivity index (χ0v) is 17.4. The highest BCUT2D eigenvalue weighted by atomic mass is 19.1. The minimum atomic E-state index is -0.175. The van der Waals surface area contributed by atoms with Gasteiger partial charge in [-0.25, -0.2) is 4.39 Å². The van der Waals surface area contributed by atoms with E-state index >= 15 is 0 Å². The molecule has 30 heavy (non-hydrogen) atoms. The first kappa shape index (κ1) is 20.6. The smallest absolute Gasteiger partial charge is 0.123 e. The molecule has 0 aliphatic carbocycles. The molecule has 3 nitrogen and oxygen atoms in total. The molecule has 4 rings (SSSR count). The van der Waals surface area contributed by atoms with Gasteiger partial charge in [0.25, 0.3) is 0 Å². The molecule has 0 radical (unpaired) electrons. The van der Waals surface area contributed by atoms with Crippen LogP contribution in [-0.4, -0.2) is 26.9 Å². The summed E-state index contributed by atoms with van der Waals surface area (Å²) in [6.07, 6.45) is 1.80. The molecule has 0 bridgehead atoms. The summed E-state index contributed by atoms with van der Waals surface area (Å²) in [5.41, 5.74) is 4.55. The van der Waals surface area contributed by atoms with Gasteiger partial charge in [0.1, 0.15) is 11.6 Å². The number of hydrogen-bond acceptors (Lipinski definition) is 3. The van der Waals surface area contributed by atoms with Crippen LogP contribution in [0.15, 0.2) is 72.8 Å². The molecule has 1 N–H and O–H groups in total. The number of ether oxygens (including phenoxy) is 2. The van der Waals surface area contributed by atoms with Gasteiger partial charge >= 0.3 is 0 Å². The Morgan fingerprint density at radius 2 is 1.70 bits per heavy atom. The van der Waals surface area contributed by atoms with Gasteiger partial charge in [0.2, 0.25) is 0 Å². The average molecular weight is 406 g/mol. The van der Waals surface area contributed by atoms with Gasteiger partial charge in [-0.05, 0) is 65.4 Å². The van der Waals surface area contributed by atoms with E-state index in [1.165, 1.54) is 22.8 Å². The first-order chi connectivity index (χ1) is 14.7. The molecule has 1 heterocycles. The van der Waals surface area contributed by atoms with Crippen molar-refractivity contribution in [1.29, 1.82) is 0 Å². The minimum Gasteiger partial charge on any atom is -0.497 e. The van der Waals surface area contributed by atoms with Gasteiger partial charge < -0.3 is 14.8 Å². The maximum atomic E-state index is 13.9. The fourth-order valence-corrected chi connectivity index (χ4v) is 4.24. The molecule has 4 heteroatoms. The summed E-state index contributed by atoms with van der Waals surface area (Å²) in [6, 6.07) is 23.7. The van der Waals surface area contributed by atoms with Gasteiger partial charge in [-0.15, -0.1) is 0 Å². The number of benzene rings is 3. The van der Waals surface area contributed by atoms with E-state index < -0.39 is 0 Å². The lowest BCUT2D eigenvalue weighted by Crippen LogP contribution is -2.42. The molecule has 1 saturated heterocycles. The predicted octanol–water partition coefficient (Wildman–Crippen LogP) is 5.34. The minimum absolute atomic E-state index is 0.0893. The Balaban J connectivity index is 1.46. The summed E-state index contributed by atoms with van der Waals surface area (Å²) in [5, 5.41) is 3.63. The lowest BCUT2D eigenvalue weighted by molar-refractivity contribution is 0.0497. The number of methoxy groups -OCH3 is 1. The SMILES string of the molecule is COc1ccc(-c2cccc(CNCC3(c4cccc(F)c4)CCOCC3)c2)cc1. The molecule has 3 aromatic carbocycles. The van der Waals surface area contributed by atoms with Crippen molar-refractivity contribution in [3.05, 3.63) is 89.7 Å². The highest BCUT2D eigenvalue weighted by Gasteiger charge is 2.34. The third kappa shape index (κ3) is 4.72. The van der Waals surface area contributed by atoms with Crippen molar-refractivity contribution in [1.82, 2.24) is 5.32 Å². The Labute approximate surface area is 177 Å². The van der Waals surface area contributed by atoms with Gasteiger partial charge in [-0.1, -0.05) is 42.5 Å². The lowest BCUT2D eigenvalue weighted by Gasteiger charge is -2.38. The summed E-state index contributed by atoms with van der Waals surface area (Å²) in [6.45, 7) is 2.99. The molecule has 0 aromatic heterocycles. The van der Waals surface area contributed by atoms with Crippen molar-refractivity contribution in [2.45, 2.75) is 24.8 Å². The van der Waals surface area contributed by atoms with Crippen LogP contribution >= 0.6 is 0 Å². The van der Waals surface area contributed by atoms with Crippen LogP contribution in [0.4, 0.5) is 4.39 Å². The van der Waals surface area contributed by atoms with Crippen LogP contribution < -0.4 is 10.1 Å². The number of nitrogens with one attached hydrogen (secondary N) is 1. The van der Waals surface area contributed by atoms with Crippen LogP contribution in [0.25, 0.3) is 11.1 Å². The molecule has 0 spiro atoms. The van der Waals surface area contributed by atoms with Crippen LogP contribution in [0.5, 0.6) is 5.75 Å². The fourth-order valence-electron chi connectivity index (χ4n) is 4.24. The first-order valence-corrected chi connectivity index (χ1v) is 10.5. The van der Waals surface area contributed by atoms with Crippen molar-refractivity contribution >= 4 is 0 Å². The monoisotopic (exact) mass is 405 g/mol. The summed E-state index contributed by atoms with van der Waals surface area (Å²) in [4.78, 5) is 0. The zero-order chi connectivity index (χ0) is 20.8. The standard InChI is InChI=1S/C26H28FNO2/c1-29-25-10-8-21(9-11-25)22-5-2-4-20(16-22)18-28-19-26(12-14-30-15-13-26)23-6-3-7-24(27)17-23/h2-11,16-17,28H,12-15,18-19H2,1H3. The highest BCUT2D eigenvalue weighted by Crippen LogP contribution is 2.34. The second-order valence-corrected chi connectivity index (χ2v) is 7.94. The topological polar surface area (TPSA) is 30.5 Å². The third-order valence-corrected chi connectivity index (χ3v) is 6.03. The number of hydrogen-bond donors (Lipinski definition) is 1. The molecule has 1 aliphatic rings. The van der Waals surface area contributed by atoms with Gasteiger partial charge in [0.05, 0.1) is 7.11 Å². The van der Waals surface area contributed by atoms with E-state index in [-0.39, 0.29) is 11.2 Å². The molecule has 1 aliphatic heterocycles. The molecule has 0 atom stereocenters. The summed E-state index contributed by atoms with van der Waals surface area (Å²) in [7, 11) is 1.68. The molecular weight excluding hydrogens is 377 g/mol. The van der Waals surface area contributed by atoms with Crippen LogP contribution in [0.1, 0.15) is 24.0 Å². The van der Waals surface area contributed by atoms with E-state index in [0.717, 1.165) is 37.2 Å². The van der Waals surface area contributed by atoms with E-state index in [1.807, 2.05) is 18.2 Å². The fraction of sp³-hybridized carbons (Fsp3) is 0.308. The molecule has 3 aromatic rings. The van der Waals surface area contributed by atoms with Crippen LogP contribution in [0, 0.1) is 5.82 Å². The first-order valence-electron chi connectivity index (χ1n) is 10.5. The summed E-state index contributed by atoms with van der Waals surface area (Å²) < 4.78 is 24.7. The highest BCUT2D eigenvalue weighted by molar-refractivity contribution is 5.64. The van der Waals surface area contributed by atoms with Gasteiger partial charge in [-0.3, -0.25) is 0 Å². The number of halogens is 1. The third-order valence-electron chi connectivity index (χ3n) is 6.03. The van der Waals surface area contributed by atoms with Crippen molar-refractivity contribution in [2.75, 3.05) is 26.9 Å². The van der Waals surface area contributed by atoms with Gasteiger partial charge in [0.15, 0.2) is 0 Å². The molecule has 0 saturated carbocycles. The molecule has 156 valence electrons. The molecule has 0 amide bonds. The van der Waals surface area contributed by atoms with Crippen molar-refractivity contribution in [3.8, 4) is 16.9 Å². The molecule has 0 unspecified atom stereocenters. The summed E-state index contributed by atoms with van der Waals surface area (Å²) in [5.74, 6) is 0.682. The zero-order valence-electron chi connectivity index (χ0n) is 17.4. The Morgan fingerprint density at radius 3 is 2.43 bits per heavy atom. The Morgan fingerprint density at radius 1 is 0.933 bits per heavy atom. The van der Waals surface area contributed by atoms with Crippen LogP contribution in [0.3, 0.4) is 0 Å². The van der Waals surface area contributed by atoms with Gasteiger partial charge in [0, 0.05) is 31.7 Å². The van der Waals surface area contributed by atoms with Gasteiger partial charge in [-0.2, -0.15) is 0 Å². The van der Waals surface area contributed by atoms with E-state index in [1.54, 1.807) is 19.2 Å². The Bertz CT molecular complexity index is 965. The average Bonchev–Trinajstić information content (AvgIpc) is 2.80. The van der Waals surface area contributed by atoms with Crippen molar-refractivity contribution in [3.63, 3.8) is 0 Å². The van der Waals surface area contributed by atoms with E-state index in [0.29, 0.717) is 13.2 Å². The molecule has 1 fully saturated rings. The van der Waals surface area contributed by atoms with Crippen LogP contribution in [0.2, 0.25) is 0 Å². The maximum Gasteiger partial charge on any atom is 0.123 e. The predicted molar refractivity (Wildman–Crippen MR) is 118 cm³/mol. The maximum absolute atomic E-state index is 13.9. The van der Waals surface area contributed by atoms with E-state index in [2.05, 4.69) is 41.7 Å². The second kappa shape index (κ2) is 9.41. The van der Waals surface area contributed by atoms with E-state index in [9.17, 15) is 4.39 Å². The van der Waals surface area contributed by atoms with Crippen molar-refractivity contribution in [2.24, 2.45) is 0 Å².